The van der Waals surface area contributed by atoms with Crippen LogP contribution in [-0.2, 0) is 0 Å². The molecule has 2 aromatic rings. The number of anilines is 2. The van der Waals surface area contributed by atoms with E-state index in [0.717, 1.165) is 5.56 Å². The van der Waals surface area contributed by atoms with Gasteiger partial charge in [0.05, 0.1) is 11.1 Å². The first kappa shape index (κ1) is 16.0. The fourth-order valence-corrected chi connectivity index (χ4v) is 2.06. The van der Waals surface area contributed by atoms with Crippen LogP contribution in [0.3, 0.4) is 0 Å². The molecule has 0 bridgehead atoms. The second-order valence-corrected chi connectivity index (χ2v) is 5.02. The molecule has 118 valence electrons. The Kier molecular flexibility index (Phi) is 4.31. The van der Waals surface area contributed by atoms with Gasteiger partial charge in [-0.1, -0.05) is 6.07 Å². The number of primary amides is 2. The van der Waals surface area contributed by atoms with Gasteiger partial charge in [0, 0.05) is 16.9 Å². The molecule has 7 N–H and O–H groups in total. The van der Waals surface area contributed by atoms with Crippen molar-refractivity contribution in [3.63, 3.8) is 0 Å². The molecule has 0 aromatic heterocycles. The van der Waals surface area contributed by atoms with E-state index in [0.29, 0.717) is 11.4 Å². The molecule has 0 saturated carbocycles. The normalized spacial score (nSPS) is 10.1. The molecule has 23 heavy (non-hydrogen) atoms. The van der Waals surface area contributed by atoms with Gasteiger partial charge in [-0.05, 0) is 42.8 Å². The number of nitrogen functional groups attached to an aromatic ring is 1. The van der Waals surface area contributed by atoms with Gasteiger partial charge in [0.1, 0.15) is 0 Å². The van der Waals surface area contributed by atoms with Crippen LogP contribution in [0.15, 0.2) is 36.4 Å². The van der Waals surface area contributed by atoms with Crippen molar-refractivity contribution in [2.75, 3.05) is 11.1 Å². The molecule has 0 atom stereocenters. The molecular weight excluding hydrogens is 296 g/mol. The molecule has 2 aromatic carbocycles. The van der Waals surface area contributed by atoms with Crippen molar-refractivity contribution in [3.05, 3.63) is 58.7 Å². The molecular formula is C16H16N4O3. The van der Waals surface area contributed by atoms with Crippen LogP contribution in [0.2, 0.25) is 0 Å². The summed E-state index contributed by atoms with van der Waals surface area (Å²) in [5.41, 5.74) is 18.0. The van der Waals surface area contributed by atoms with Crippen LogP contribution in [0, 0.1) is 6.92 Å². The van der Waals surface area contributed by atoms with Gasteiger partial charge in [-0.15, -0.1) is 0 Å². The van der Waals surface area contributed by atoms with Crippen LogP contribution in [-0.4, -0.2) is 17.7 Å². The van der Waals surface area contributed by atoms with Gasteiger partial charge in [0.15, 0.2) is 0 Å². The Morgan fingerprint density at radius 2 is 1.61 bits per heavy atom. The number of nitrogens with two attached hydrogens (primary N) is 3. The summed E-state index contributed by atoms with van der Waals surface area (Å²) in [5.74, 6) is -2.09. The SMILES string of the molecule is Cc1ccc(N)cc1NC(=O)c1ccc(C(N)=O)cc1C(N)=O. The summed E-state index contributed by atoms with van der Waals surface area (Å²) in [6.45, 7) is 1.81. The van der Waals surface area contributed by atoms with Gasteiger partial charge >= 0.3 is 0 Å². The molecule has 0 radical (unpaired) electrons. The van der Waals surface area contributed by atoms with E-state index < -0.39 is 17.7 Å². The fourth-order valence-electron chi connectivity index (χ4n) is 2.06. The van der Waals surface area contributed by atoms with Gasteiger partial charge in [-0.3, -0.25) is 14.4 Å². The van der Waals surface area contributed by atoms with Crippen molar-refractivity contribution in [3.8, 4) is 0 Å². The van der Waals surface area contributed by atoms with Crippen LogP contribution in [0.1, 0.15) is 36.6 Å². The molecule has 0 aliphatic carbocycles. The number of hydrogen-bond acceptors (Lipinski definition) is 4. The smallest absolute Gasteiger partial charge is 0.256 e. The number of amides is 3. The van der Waals surface area contributed by atoms with Crippen LogP contribution in [0.5, 0.6) is 0 Å². The fraction of sp³-hybridized carbons (Fsp3) is 0.0625. The Morgan fingerprint density at radius 3 is 2.22 bits per heavy atom. The van der Waals surface area contributed by atoms with Crippen molar-refractivity contribution in [2.24, 2.45) is 11.5 Å². The highest BCUT2D eigenvalue weighted by Gasteiger charge is 2.18. The molecule has 0 saturated heterocycles. The molecule has 0 unspecified atom stereocenters. The number of hydrogen-bond donors (Lipinski definition) is 4. The van der Waals surface area contributed by atoms with Crippen molar-refractivity contribution >= 4 is 29.1 Å². The molecule has 0 aliphatic heterocycles. The highest BCUT2D eigenvalue weighted by molar-refractivity contribution is 6.13. The molecule has 7 nitrogen and oxygen atoms in total. The summed E-state index contributed by atoms with van der Waals surface area (Å²) >= 11 is 0. The van der Waals surface area contributed by atoms with Gasteiger partial charge < -0.3 is 22.5 Å². The topological polar surface area (TPSA) is 141 Å². The standard InChI is InChI=1S/C16H16N4O3/c1-8-2-4-10(17)7-13(8)20-16(23)11-5-3-9(14(18)21)6-12(11)15(19)22/h2-7H,17H2,1H3,(H2,18,21)(H2,19,22)(H,20,23). The number of nitrogens with one attached hydrogen (secondary N) is 1. The lowest BCUT2D eigenvalue weighted by Gasteiger charge is -2.11. The maximum Gasteiger partial charge on any atom is 0.256 e. The van der Waals surface area contributed by atoms with Crippen LogP contribution >= 0.6 is 0 Å². The molecule has 0 spiro atoms. The molecule has 2 rings (SSSR count). The summed E-state index contributed by atoms with van der Waals surface area (Å²) in [6, 6.07) is 8.96. The van der Waals surface area contributed by atoms with Crippen molar-refractivity contribution in [2.45, 2.75) is 6.92 Å². The second kappa shape index (κ2) is 6.18. The van der Waals surface area contributed by atoms with E-state index in [9.17, 15) is 14.4 Å². The molecule has 0 aliphatic rings. The third-order valence-electron chi connectivity index (χ3n) is 3.32. The monoisotopic (exact) mass is 312 g/mol. The van der Waals surface area contributed by atoms with E-state index in [4.69, 9.17) is 17.2 Å². The highest BCUT2D eigenvalue weighted by atomic mass is 16.2. The molecule has 0 heterocycles. The van der Waals surface area contributed by atoms with Gasteiger partial charge in [0.25, 0.3) is 5.91 Å². The Hall–Kier alpha value is -3.35. The summed E-state index contributed by atoms with van der Waals surface area (Å²) in [7, 11) is 0. The zero-order valence-electron chi connectivity index (χ0n) is 12.4. The number of benzene rings is 2. The van der Waals surface area contributed by atoms with Gasteiger partial charge in [-0.25, -0.2) is 0 Å². The van der Waals surface area contributed by atoms with Crippen LogP contribution in [0.25, 0.3) is 0 Å². The third kappa shape index (κ3) is 3.46. The molecule has 0 fully saturated rings. The molecule has 3 amide bonds. The highest BCUT2D eigenvalue weighted by Crippen LogP contribution is 2.20. The summed E-state index contributed by atoms with van der Waals surface area (Å²) in [6.07, 6.45) is 0. The van der Waals surface area contributed by atoms with Crippen LogP contribution < -0.4 is 22.5 Å². The summed E-state index contributed by atoms with van der Waals surface area (Å²) < 4.78 is 0. The maximum atomic E-state index is 12.4. The van der Waals surface area contributed by atoms with Crippen molar-refractivity contribution in [1.29, 1.82) is 0 Å². The summed E-state index contributed by atoms with van der Waals surface area (Å²) in [5, 5.41) is 2.67. The van der Waals surface area contributed by atoms with E-state index in [1.165, 1.54) is 18.2 Å². The average molecular weight is 312 g/mol. The minimum Gasteiger partial charge on any atom is -0.399 e. The van der Waals surface area contributed by atoms with E-state index in [1.54, 1.807) is 25.1 Å². The number of carbonyl (C=O) groups excluding carboxylic acids is 3. The van der Waals surface area contributed by atoms with Crippen LogP contribution in [0.4, 0.5) is 11.4 Å². The Morgan fingerprint density at radius 1 is 0.913 bits per heavy atom. The van der Waals surface area contributed by atoms with Crippen molar-refractivity contribution in [1.82, 2.24) is 0 Å². The minimum absolute atomic E-state index is 0.0457. The maximum absolute atomic E-state index is 12.4. The average Bonchev–Trinajstić information content (AvgIpc) is 2.50. The zero-order chi connectivity index (χ0) is 17.1. The van der Waals surface area contributed by atoms with Gasteiger partial charge in [0.2, 0.25) is 11.8 Å². The lowest BCUT2D eigenvalue weighted by atomic mass is 10.0. The van der Waals surface area contributed by atoms with E-state index in [2.05, 4.69) is 5.32 Å². The quantitative estimate of drug-likeness (QED) is 0.625. The number of rotatable bonds is 4. The Labute approximate surface area is 132 Å². The largest absolute Gasteiger partial charge is 0.399 e. The third-order valence-corrected chi connectivity index (χ3v) is 3.32. The second-order valence-electron chi connectivity index (χ2n) is 5.02. The Balaban J connectivity index is 2.41. The predicted molar refractivity (Wildman–Crippen MR) is 87.0 cm³/mol. The molecule has 7 heteroatoms. The predicted octanol–water partition coefficient (Wildman–Crippen LogP) is 1.03. The Bertz CT molecular complexity index is 815. The van der Waals surface area contributed by atoms with E-state index >= 15 is 0 Å². The minimum atomic E-state index is -0.831. The zero-order valence-corrected chi connectivity index (χ0v) is 12.4. The summed E-state index contributed by atoms with van der Waals surface area (Å²) in [4.78, 5) is 35.1. The number of carbonyl (C=O) groups is 3. The van der Waals surface area contributed by atoms with Crippen molar-refractivity contribution < 1.29 is 14.4 Å². The first-order chi connectivity index (χ1) is 10.8. The van der Waals surface area contributed by atoms with E-state index in [1.807, 2.05) is 0 Å². The lowest BCUT2D eigenvalue weighted by molar-refractivity contribution is 0.0975. The van der Waals surface area contributed by atoms with E-state index in [-0.39, 0.29) is 16.7 Å². The first-order valence-electron chi connectivity index (χ1n) is 6.70. The first-order valence-corrected chi connectivity index (χ1v) is 6.70. The van der Waals surface area contributed by atoms with Gasteiger partial charge in [-0.2, -0.15) is 0 Å². The lowest BCUT2D eigenvalue weighted by Crippen LogP contribution is -2.22. The number of aryl methyl sites for hydroxylation is 1.